The fourth-order valence-electron chi connectivity index (χ4n) is 2.83. The summed E-state index contributed by atoms with van der Waals surface area (Å²) >= 11 is 5.31. The summed E-state index contributed by atoms with van der Waals surface area (Å²) in [4.78, 5) is 11.8. The van der Waals surface area contributed by atoms with Crippen molar-refractivity contribution in [1.82, 2.24) is 20.8 Å². The maximum Gasteiger partial charge on any atom is 0.272 e. The van der Waals surface area contributed by atoms with Crippen LogP contribution in [0.25, 0.3) is 10.8 Å². The van der Waals surface area contributed by atoms with Crippen LogP contribution in [-0.4, -0.2) is 28.4 Å². The second-order valence-electron chi connectivity index (χ2n) is 6.40. The average Bonchev–Trinajstić information content (AvgIpc) is 2.70. The summed E-state index contributed by atoms with van der Waals surface area (Å²) in [5, 5.41) is 18.1. The fourth-order valence-corrected chi connectivity index (χ4v) is 3.11. The van der Waals surface area contributed by atoms with Gasteiger partial charge < -0.3 is 16.0 Å². The van der Waals surface area contributed by atoms with E-state index in [4.69, 9.17) is 12.2 Å². The fraction of sp³-hybridized carbons (Fsp3) is 0.250. The van der Waals surface area contributed by atoms with Gasteiger partial charge in [-0.2, -0.15) is 5.10 Å². The predicted molar refractivity (Wildman–Crippen MR) is 114 cm³/mol. The minimum absolute atomic E-state index is 0.0181. The number of aromatic amines is 1. The summed E-state index contributed by atoms with van der Waals surface area (Å²) in [6, 6.07) is 13.7. The molecule has 6 nitrogen and oxygen atoms in total. The predicted octanol–water partition coefficient (Wildman–Crippen LogP) is 3.09. The summed E-state index contributed by atoms with van der Waals surface area (Å²) in [6.45, 7) is 3.32. The van der Waals surface area contributed by atoms with E-state index in [1.165, 1.54) is 12.1 Å². The number of anilines is 1. The van der Waals surface area contributed by atoms with Crippen molar-refractivity contribution in [3.05, 3.63) is 70.3 Å². The first-order chi connectivity index (χ1) is 13.5. The molecular formula is C20H22FN5OS. The van der Waals surface area contributed by atoms with Crippen LogP contribution in [0.3, 0.4) is 0 Å². The van der Waals surface area contributed by atoms with Crippen molar-refractivity contribution in [1.29, 1.82) is 0 Å². The van der Waals surface area contributed by atoms with E-state index in [1.54, 1.807) is 18.2 Å². The molecule has 3 aromatic rings. The van der Waals surface area contributed by atoms with Crippen LogP contribution < -0.4 is 21.5 Å². The number of hydrogen-bond acceptors (Lipinski definition) is 4. The Morgan fingerprint density at radius 1 is 1.14 bits per heavy atom. The second-order valence-corrected chi connectivity index (χ2v) is 6.81. The van der Waals surface area contributed by atoms with E-state index in [2.05, 4.69) is 26.1 Å². The number of aromatic nitrogens is 2. The number of fused-ring (bicyclic) bond motifs is 1. The van der Waals surface area contributed by atoms with Gasteiger partial charge in [0.1, 0.15) is 5.82 Å². The molecule has 0 amide bonds. The Kier molecular flexibility index (Phi) is 6.54. The molecule has 0 saturated heterocycles. The Morgan fingerprint density at radius 2 is 1.86 bits per heavy atom. The van der Waals surface area contributed by atoms with Gasteiger partial charge in [0.15, 0.2) is 10.9 Å². The van der Waals surface area contributed by atoms with Gasteiger partial charge in [-0.25, -0.2) is 9.49 Å². The third kappa shape index (κ3) is 5.04. The zero-order valence-electron chi connectivity index (χ0n) is 15.5. The first-order valence-corrected chi connectivity index (χ1v) is 9.46. The molecule has 0 radical (unpaired) electrons. The molecule has 1 heterocycles. The van der Waals surface area contributed by atoms with Gasteiger partial charge in [0.05, 0.1) is 11.4 Å². The van der Waals surface area contributed by atoms with Gasteiger partial charge in [0.25, 0.3) is 5.56 Å². The van der Waals surface area contributed by atoms with Gasteiger partial charge >= 0.3 is 0 Å². The summed E-state index contributed by atoms with van der Waals surface area (Å²) in [6.07, 6.45) is 0.807. The molecule has 0 aliphatic heterocycles. The standard InChI is InChI=1S/C20H22FN5OS/c1-13(14-7-9-15(21)10-8-14)24-20(28)23-12-4-11-22-18-16-5-2-3-6-17(16)19(27)26-25-18/h2-3,5-10,13H,4,11-12H2,1H3,(H,22,25)(H,26,27)(H2,23,24,28). The number of thiocarbonyl (C=S) groups is 1. The molecule has 1 unspecified atom stereocenters. The van der Waals surface area contributed by atoms with Crippen LogP contribution in [0.15, 0.2) is 53.3 Å². The molecule has 146 valence electrons. The normalized spacial score (nSPS) is 11.8. The van der Waals surface area contributed by atoms with Gasteiger partial charge in [0, 0.05) is 18.5 Å². The molecule has 2 aromatic carbocycles. The lowest BCUT2D eigenvalue weighted by atomic mass is 10.1. The maximum absolute atomic E-state index is 13.0. The number of nitrogens with one attached hydrogen (secondary N) is 4. The van der Waals surface area contributed by atoms with E-state index in [-0.39, 0.29) is 17.4 Å². The summed E-state index contributed by atoms with van der Waals surface area (Å²) < 4.78 is 13.0. The summed E-state index contributed by atoms with van der Waals surface area (Å²) in [7, 11) is 0. The molecule has 1 atom stereocenters. The number of H-pyrrole nitrogens is 1. The largest absolute Gasteiger partial charge is 0.368 e. The van der Waals surface area contributed by atoms with Gasteiger partial charge in [-0.05, 0) is 49.3 Å². The van der Waals surface area contributed by atoms with E-state index in [0.717, 1.165) is 17.4 Å². The highest BCUT2D eigenvalue weighted by Crippen LogP contribution is 2.16. The van der Waals surface area contributed by atoms with Crippen LogP contribution in [0.5, 0.6) is 0 Å². The van der Waals surface area contributed by atoms with Crippen LogP contribution in [0.2, 0.25) is 0 Å². The zero-order valence-corrected chi connectivity index (χ0v) is 16.3. The van der Waals surface area contributed by atoms with Crippen LogP contribution >= 0.6 is 12.2 Å². The number of hydrogen-bond donors (Lipinski definition) is 4. The Bertz CT molecular complexity index is 1010. The monoisotopic (exact) mass is 399 g/mol. The molecule has 0 saturated carbocycles. The Labute approximate surface area is 167 Å². The van der Waals surface area contributed by atoms with Gasteiger partial charge in [-0.15, -0.1) is 0 Å². The first-order valence-electron chi connectivity index (χ1n) is 9.05. The molecule has 4 N–H and O–H groups in total. The molecular weight excluding hydrogens is 377 g/mol. The van der Waals surface area contributed by atoms with Crippen molar-refractivity contribution in [2.75, 3.05) is 18.4 Å². The number of nitrogens with zero attached hydrogens (tertiary/aromatic N) is 1. The lowest BCUT2D eigenvalue weighted by Gasteiger charge is -2.17. The third-order valence-corrected chi connectivity index (χ3v) is 4.61. The van der Waals surface area contributed by atoms with E-state index in [9.17, 15) is 9.18 Å². The van der Waals surface area contributed by atoms with E-state index < -0.39 is 0 Å². The van der Waals surface area contributed by atoms with Crippen LogP contribution in [0, 0.1) is 5.82 Å². The number of rotatable bonds is 7. The lowest BCUT2D eigenvalue weighted by Crippen LogP contribution is -2.37. The zero-order chi connectivity index (χ0) is 19.9. The van der Waals surface area contributed by atoms with Crippen molar-refractivity contribution < 1.29 is 4.39 Å². The SMILES string of the molecule is CC(NC(=S)NCCCNc1n[nH]c(=O)c2ccccc12)c1ccc(F)cc1. The Balaban J connectivity index is 1.42. The van der Waals surface area contributed by atoms with Gasteiger partial charge in [-0.1, -0.05) is 30.3 Å². The maximum atomic E-state index is 13.0. The average molecular weight is 399 g/mol. The molecule has 0 spiro atoms. The second kappa shape index (κ2) is 9.27. The summed E-state index contributed by atoms with van der Waals surface area (Å²) in [5.41, 5.74) is 0.762. The minimum atomic E-state index is -0.256. The van der Waals surface area contributed by atoms with Gasteiger partial charge in [0.2, 0.25) is 0 Å². The third-order valence-electron chi connectivity index (χ3n) is 4.35. The molecule has 3 rings (SSSR count). The topological polar surface area (TPSA) is 81.8 Å². The smallest absolute Gasteiger partial charge is 0.272 e. The molecule has 1 aromatic heterocycles. The van der Waals surface area contributed by atoms with Crippen LogP contribution in [-0.2, 0) is 0 Å². The summed E-state index contributed by atoms with van der Waals surface area (Å²) in [5.74, 6) is 0.398. The highest BCUT2D eigenvalue weighted by atomic mass is 32.1. The molecule has 8 heteroatoms. The number of benzene rings is 2. The van der Waals surface area contributed by atoms with Gasteiger partial charge in [-0.3, -0.25) is 4.79 Å². The van der Waals surface area contributed by atoms with E-state index in [1.807, 2.05) is 25.1 Å². The van der Waals surface area contributed by atoms with Crippen molar-refractivity contribution in [2.45, 2.75) is 19.4 Å². The molecule has 0 fully saturated rings. The molecule has 28 heavy (non-hydrogen) atoms. The molecule has 0 bridgehead atoms. The molecule has 0 aliphatic rings. The van der Waals surface area contributed by atoms with Crippen molar-refractivity contribution in [3.63, 3.8) is 0 Å². The Hall–Kier alpha value is -3.00. The Morgan fingerprint density at radius 3 is 2.61 bits per heavy atom. The first kappa shape index (κ1) is 19.8. The quantitative estimate of drug-likeness (QED) is 0.361. The number of halogens is 1. The van der Waals surface area contributed by atoms with E-state index >= 15 is 0 Å². The highest BCUT2D eigenvalue weighted by molar-refractivity contribution is 7.80. The van der Waals surface area contributed by atoms with Crippen molar-refractivity contribution in [3.8, 4) is 0 Å². The lowest BCUT2D eigenvalue weighted by molar-refractivity contribution is 0.623. The molecule has 0 aliphatic carbocycles. The van der Waals surface area contributed by atoms with E-state index in [0.29, 0.717) is 29.4 Å². The highest BCUT2D eigenvalue weighted by Gasteiger charge is 2.07. The van der Waals surface area contributed by atoms with Crippen LogP contribution in [0.1, 0.15) is 24.9 Å². The van der Waals surface area contributed by atoms with Crippen molar-refractivity contribution in [2.24, 2.45) is 0 Å². The van der Waals surface area contributed by atoms with Crippen molar-refractivity contribution >= 4 is 33.9 Å². The van der Waals surface area contributed by atoms with Crippen LogP contribution in [0.4, 0.5) is 10.2 Å². The minimum Gasteiger partial charge on any atom is -0.368 e.